The smallest absolute Gasteiger partial charge is 0.407 e. The van der Waals surface area contributed by atoms with Gasteiger partial charge < -0.3 is 20.1 Å². The monoisotopic (exact) mass is 246 g/mol. The van der Waals surface area contributed by atoms with E-state index < -0.39 is 12.2 Å². The van der Waals surface area contributed by atoms with Gasteiger partial charge in [0.1, 0.15) is 0 Å². The van der Waals surface area contributed by atoms with Gasteiger partial charge in [0.15, 0.2) is 0 Å². The van der Waals surface area contributed by atoms with Crippen molar-refractivity contribution in [2.75, 3.05) is 26.3 Å². The fraction of sp³-hybridized carbons (Fsp3) is 0.818. The van der Waals surface area contributed by atoms with Crippen LogP contribution >= 0.6 is 0 Å². The van der Waals surface area contributed by atoms with Crippen LogP contribution in [-0.2, 0) is 9.47 Å². The van der Waals surface area contributed by atoms with Crippen LogP contribution in [0.4, 0.5) is 9.59 Å². The van der Waals surface area contributed by atoms with Crippen molar-refractivity contribution in [2.45, 2.75) is 33.1 Å². The van der Waals surface area contributed by atoms with E-state index in [0.29, 0.717) is 26.1 Å². The second-order valence-corrected chi connectivity index (χ2v) is 3.42. The van der Waals surface area contributed by atoms with Gasteiger partial charge in [-0.25, -0.2) is 9.59 Å². The molecule has 0 bridgehead atoms. The van der Waals surface area contributed by atoms with Gasteiger partial charge in [0.2, 0.25) is 0 Å². The van der Waals surface area contributed by atoms with Crippen molar-refractivity contribution in [3.05, 3.63) is 0 Å². The highest BCUT2D eigenvalue weighted by Gasteiger charge is 2.01. The van der Waals surface area contributed by atoms with Gasteiger partial charge in [-0.2, -0.15) is 0 Å². The summed E-state index contributed by atoms with van der Waals surface area (Å²) >= 11 is 0. The largest absolute Gasteiger partial charge is 0.450 e. The Bertz CT molecular complexity index is 222. The summed E-state index contributed by atoms with van der Waals surface area (Å²) in [7, 11) is 0. The zero-order chi connectivity index (χ0) is 12.9. The summed E-state index contributed by atoms with van der Waals surface area (Å²) in [6.07, 6.45) is 1.69. The van der Waals surface area contributed by atoms with Crippen LogP contribution in [0, 0.1) is 0 Å². The molecule has 2 N–H and O–H groups in total. The van der Waals surface area contributed by atoms with E-state index >= 15 is 0 Å². The van der Waals surface area contributed by atoms with Gasteiger partial charge in [0, 0.05) is 13.1 Å². The van der Waals surface area contributed by atoms with Crippen LogP contribution in [0.1, 0.15) is 33.1 Å². The Morgan fingerprint density at radius 3 is 2.12 bits per heavy atom. The number of nitrogens with one attached hydrogen (secondary N) is 2. The molecule has 0 unspecified atom stereocenters. The summed E-state index contributed by atoms with van der Waals surface area (Å²) in [5.41, 5.74) is 0. The molecule has 0 atom stereocenters. The highest BCUT2D eigenvalue weighted by Crippen LogP contribution is 1.86. The third kappa shape index (κ3) is 10.8. The number of alkyl carbamates (subject to hydrolysis) is 2. The lowest BCUT2D eigenvalue weighted by atomic mass is 10.3. The molecule has 0 fully saturated rings. The molecule has 2 amide bonds. The van der Waals surface area contributed by atoms with Crippen LogP contribution in [0.5, 0.6) is 0 Å². The maximum Gasteiger partial charge on any atom is 0.407 e. The highest BCUT2D eigenvalue weighted by atomic mass is 16.6. The summed E-state index contributed by atoms with van der Waals surface area (Å²) < 4.78 is 9.55. The van der Waals surface area contributed by atoms with E-state index in [1.807, 2.05) is 6.92 Å². The topological polar surface area (TPSA) is 76.7 Å². The number of carbonyl (C=O) groups is 2. The van der Waals surface area contributed by atoms with Crippen LogP contribution in [0.2, 0.25) is 0 Å². The van der Waals surface area contributed by atoms with E-state index in [9.17, 15) is 9.59 Å². The summed E-state index contributed by atoms with van der Waals surface area (Å²) in [4.78, 5) is 21.9. The minimum Gasteiger partial charge on any atom is -0.450 e. The number of unbranched alkanes of at least 4 members (excludes halogenated alkanes) is 1. The molecule has 0 rings (SSSR count). The first-order chi connectivity index (χ1) is 8.20. The Hall–Kier alpha value is -1.46. The van der Waals surface area contributed by atoms with Crippen LogP contribution in [0.25, 0.3) is 0 Å². The molecule has 0 saturated heterocycles. The van der Waals surface area contributed by atoms with Gasteiger partial charge in [0.25, 0.3) is 0 Å². The lowest BCUT2D eigenvalue weighted by molar-refractivity contribution is 0.141. The van der Waals surface area contributed by atoms with Crippen molar-refractivity contribution in [3.63, 3.8) is 0 Å². The SMILES string of the molecule is CCCCNC(=O)OCCCNC(=O)OCC. The van der Waals surface area contributed by atoms with Gasteiger partial charge in [-0.15, -0.1) is 0 Å². The number of ether oxygens (including phenoxy) is 2. The molecule has 0 saturated carbocycles. The van der Waals surface area contributed by atoms with E-state index in [0.717, 1.165) is 12.8 Å². The normalized spacial score (nSPS) is 9.53. The van der Waals surface area contributed by atoms with Crippen LogP contribution in [-0.4, -0.2) is 38.5 Å². The molecule has 0 aliphatic rings. The van der Waals surface area contributed by atoms with Gasteiger partial charge in [0.05, 0.1) is 13.2 Å². The lowest BCUT2D eigenvalue weighted by Gasteiger charge is -2.07. The maximum atomic E-state index is 11.1. The third-order valence-electron chi connectivity index (χ3n) is 1.90. The van der Waals surface area contributed by atoms with Crippen molar-refractivity contribution in [1.82, 2.24) is 10.6 Å². The number of hydrogen-bond donors (Lipinski definition) is 2. The molecule has 0 aromatic carbocycles. The van der Waals surface area contributed by atoms with Gasteiger partial charge in [-0.1, -0.05) is 13.3 Å². The van der Waals surface area contributed by atoms with Gasteiger partial charge in [-0.05, 0) is 19.8 Å². The first-order valence-corrected chi connectivity index (χ1v) is 6.02. The molecule has 6 heteroatoms. The fourth-order valence-corrected chi connectivity index (χ4v) is 1.03. The predicted octanol–water partition coefficient (Wildman–Crippen LogP) is 1.65. The van der Waals surface area contributed by atoms with Crippen molar-refractivity contribution >= 4 is 12.2 Å². The van der Waals surface area contributed by atoms with Gasteiger partial charge >= 0.3 is 12.2 Å². The third-order valence-corrected chi connectivity index (χ3v) is 1.90. The standard InChI is InChI=1S/C11H22N2O4/c1-3-5-7-12-11(15)17-9-6-8-13-10(14)16-4-2/h3-9H2,1-2H3,(H,12,15)(H,13,14). The van der Waals surface area contributed by atoms with E-state index in [4.69, 9.17) is 4.74 Å². The van der Waals surface area contributed by atoms with E-state index in [2.05, 4.69) is 15.4 Å². The molecule has 0 aromatic rings. The Kier molecular flexibility index (Phi) is 10.1. The molecule has 0 aromatic heterocycles. The number of rotatable bonds is 8. The van der Waals surface area contributed by atoms with E-state index in [1.54, 1.807) is 6.92 Å². The second kappa shape index (κ2) is 11.0. The van der Waals surface area contributed by atoms with E-state index in [1.165, 1.54) is 0 Å². The van der Waals surface area contributed by atoms with Crippen LogP contribution in [0.15, 0.2) is 0 Å². The van der Waals surface area contributed by atoms with Crippen molar-refractivity contribution < 1.29 is 19.1 Å². The summed E-state index contributed by atoms with van der Waals surface area (Å²) in [5, 5.41) is 5.17. The molecule has 0 radical (unpaired) electrons. The van der Waals surface area contributed by atoms with Crippen molar-refractivity contribution in [1.29, 1.82) is 0 Å². The average Bonchev–Trinajstić information content (AvgIpc) is 2.29. The first-order valence-electron chi connectivity index (χ1n) is 6.02. The molecular formula is C11H22N2O4. The molecule has 6 nitrogen and oxygen atoms in total. The number of carbonyl (C=O) groups excluding carboxylic acids is 2. The van der Waals surface area contributed by atoms with E-state index in [-0.39, 0.29) is 6.61 Å². The fourth-order valence-electron chi connectivity index (χ4n) is 1.03. The number of amides is 2. The highest BCUT2D eigenvalue weighted by molar-refractivity contribution is 5.67. The Morgan fingerprint density at radius 2 is 1.53 bits per heavy atom. The second-order valence-electron chi connectivity index (χ2n) is 3.42. The Labute approximate surface area is 102 Å². The molecule has 0 spiro atoms. The van der Waals surface area contributed by atoms with Crippen LogP contribution in [0.3, 0.4) is 0 Å². The first kappa shape index (κ1) is 15.5. The zero-order valence-electron chi connectivity index (χ0n) is 10.6. The van der Waals surface area contributed by atoms with Gasteiger partial charge in [-0.3, -0.25) is 0 Å². The zero-order valence-corrected chi connectivity index (χ0v) is 10.6. The molecule has 0 heterocycles. The maximum absolute atomic E-state index is 11.1. The Balaban J connectivity index is 3.27. The van der Waals surface area contributed by atoms with Crippen molar-refractivity contribution in [2.24, 2.45) is 0 Å². The Morgan fingerprint density at radius 1 is 0.941 bits per heavy atom. The summed E-state index contributed by atoms with van der Waals surface area (Å²) in [5.74, 6) is 0. The molecule has 17 heavy (non-hydrogen) atoms. The lowest BCUT2D eigenvalue weighted by Crippen LogP contribution is -2.28. The quantitative estimate of drug-likeness (QED) is 0.638. The molecule has 0 aliphatic heterocycles. The van der Waals surface area contributed by atoms with Crippen molar-refractivity contribution in [3.8, 4) is 0 Å². The minimum atomic E-state index is -0.445. The van der Waals surface area contributed by atoms with Crippen LogP contribution < -0.4 is 10.6 Å². The summed E-state index contributed by atoms with van der Waals surface area (Å²) in [6, 6.07) is 0. The molecular weight excluding hydrogens is 224 g/mol. The predicted molar refractivity (Wildman–Crippen MR) is 63.9 cm³/mol. The molecule has 100 valence electrons. The summed E-state index contributed by atoms with van der Waals surface area (Å²) in [6.45, 7) is 5.49. The average molecular weight is 246 g/mol. The number of hydrogen-bond acceptors (Lipinski definition) is 4. The minimum absolute atomic E-state index is 0.282. The molecule has 0 aliphatic carbocycles.